The van der Waals surface area contributed by atoms with Crippen LogP contribution in [-0.4, -0.2) is 61.7 Å². The van der Waals surface area contributed by atoms with E-state index in [9.17, 15) is 18.0 Å². The molecule has 0 aliphatic heterocycles. The van der Waals surface area contributed by atoms with E-state index in [-0.39, 0.29) is 6.54 Å². The number of amides is 1. The molecule has 0 aliphatic carbocycles. The number of thiazole rings is 1. The van der Waals surface area contributed by atoms with Crippen LogP contribution in [0, 0.1) is 13.8 Å². The quantitative estimate of drug-likeness (QED) is 0.592. The third kappa shape index (κ3) is 7.16. The highest BCUT2D eigenvalue weighted by Crippen LogP contribution is 2.16. The van der Waals surface area contributed by atoms with Gasteiger partial charge < -0.3 is 15.5 Å². The summed E-state index contributed by atoms with van der Waals surface area (Å²) in [5.74, 6) is -0.310. The first kappa shape index (κ1) is 20.2. The van der Waals surface area contributed by atoms with Crippen LogP contribution in [0.15, 0.2) is 4.99 Å². The molecule has 6 nitrogen and oxygen atoms in total. The summed E-state index contributed by atoms with van der Waals surface area (Å²) in [4.78, 5) is 21.8. The molecule has 1 aromatic heterocycles. The molecule has 0 saturated heterocycles. The van der Waals surface area contributed by atoms with E-state index in [0.29, 0.717) is 23.8 Å². The van der Waals surface area contributed by atoms with Gasteiger partial charge in [0.25, 0.3) is 0 Å². The zero-order valence-corrected chi connectivity index (χ0v) is 14.9. The molecular weight excluding hydrogens is 343 g/mol. The topological polar surface area (TPSA) is 69.6 Å². The van der Waals surface area contributed by atoms with E-state index in [1.165, 1.54) is 11.9 Å². The Morgan fingerprint density at radius 2 is 2.00 bits per heavy atom. The van der Waals surface area contributed by atoms with Crippen molar-refractivity contribution in [3.8, 4) is 0 Å². The van der Waals surface area contributed by atoms with E-state index < -0.39 is 18.6 Å². The first-order chi connectivity index (χ1) is 11.1. The van der Waals surface area contributed by atoms with Crippen molar-refractivity contribution in [1.29, 1.82) is 0 Å². The Bertz CT molecular complexity index is 566. The van der Waals surface area contributed by atoms with E-state index in [1.807, 2.05) is 13.8 Å². The van der Waals surface area contributed by atoms with Gasteiger partial charge >= 0.3 is 6.18 Å². The first-order valence-electron chi connectivity index (χ1n) is 7.30. The Hall–Kier alpha value is -1.84. The van der Waals surface area contributed by atoms with Crippen LogP contribution in [0.4, 0.5) is 13.2 Å². The summed E-state index contributed by atoms with van der Waals surface area (Å²) in [6.07, 6.45) is -3.71. The number of halogens is 3. The minimum atomic E-state index is -4.41. The Morgan fingerprint density at radius 3 is 2.50 bits per heavy atom. The van der Waals surface area contributed by atoms with Gasteiger partial charge in [0, 0.05) is 31.9 Å². The fraction of sp³-hybridized carbons (Fsp3) is 0.643. The summed E-state index contributed by atoms with van der Waals surface area (Å²) in [6.45, 7) is 2.97. The number of carbonyl (C=O) groups excluding carboxylic acids is 1. The number of hydrogen-bond donors (Lipinski definition) is 2. The molecule has 0 aromatic carbocycles. The number of likely N-dealkylation sites (N-methyl/N-ethyl adjacent to an activating group) is 1. The van der Waals surface area contributed by atoms with E-state index >= 15 is 0 Å². The molecule has 1 aromatic rings. The van der Waals surface area contributed by atoms with Gasteiger partial charge in [-0.3, -0.25) is 9.79 Å². The third-order valence-electron chi connectivity index (χ3n) is 3.18. The first-order valence-corrected chi connectivity index (χ1v) is 8.12. The summed E-state index contributed by atoms with van der Waals surface area (Å²) in [7, 11) is 2.64. The number of hydrogen-bond acceptors (Lipinski definition) is 4. The number of nitrogens with zero attached hydrogens (tertiary/aromatic N) is 3. The highest BCUT2D eigenvalue weighted by molar-refractivity contribution is 7.11. The van der Waals surface area contributed by atoms with E-state index in [4.69, 9.17) is 0 Å². The van der Waals surface area contributed by atoms with Crippen molar-refractivity contribution in [2.45, 2.75) is 26.4 Å². The van der Waals surface area contributed by atoms with Crippen LogP contribution >= 0.6 is 11.3 Å². The van der Waals surface area contributed by atoms with Gasteiger partial charge in [0.05, 0.1) is 17.2 Å². The monoisotopic (exact) mass is 365 g/mol. The zero-order chi connectivity index (χ0) is 18.3. The minimum Gasteiger partial charge on any atom is -0.356 e. The summed E-state index contributed by atoms with van der Waals surface area (Å²) in [5.41, 5.74) is 1.01. The van der Waals surface area contributed by atoms with Crippen LogP contribution in [0.2, 0.25) is 0 Å². The molecule has 2 N–H and O–H groups in total. The fourth-order valence-corrected chi connectivity index (χ4v) is 2.74. The Kier molecular flexibility index (Phi) is 7.46. The fourth-order valence-electron chi connectivity index (χ4n) is 1.81. The summed E-state index contributed by atoms with van der Waals surface area (Å²) in [5, 5.41) is 6.70. The summed E-state index contributed by atoms with van der Waals surface area (Å²) < 4.78 is 36.7. The molecule has 0 aliphatic rings. The Morgan fingerprint density at radius 1 is 1.33 bits per heavy atom. The number of rotatable bonds is 6. The SMILES string of the molecule is CN=C(NCCc1nc(C)c(C)s1)NCC(=O)N(C)CC(F)(F)F. The molecule has 1 amide bonds. The summed E-state index contributed by atoms with van der Waals surface area (Å²) >= 11 is 1.62. The van der Waals surface area contributed by atoms with Crippen LogP contribution in [-0.2, 0) is 11.2 Å². The highest BCUT2D eigenvalue weighted by atomic mass is 32.1. The predicted octanol–water partition coefficient (Wildman–Crippen LogP) is 1.49. The molecule has 136 valence electrons. The van der Waals surface area contributed by atoms with Crippen LogP contribution in [0.1, 0.15) is 15.6 Å². The molecule has 0 saturated carbocycles. The van der Waals surface area contributed by atoms with E-state index in [1.54, 1.807) is 11.3 Å². The summed E-state index contributed by atoms with van der Waals surface area (Å²) in [6, 6.07) is 0. The second-order valence-electron chi connectivity index (χ2n) is 5.22. The van der Waals surface area contributed by atoms with E-state index in [0.717, 1.165) is 17.7 Å². The lowest BCUT2D eigenvalue weighted by Gasteiger charge is -2.19. The lowest BCUT2D eigenvalue weighted by molar-refractivity contribution is -0.157. The molecule has 0 bridgehead atoms. The highest BCUT2D eigenvalue weighted by Gasteiger charge is 2.31. The largest absolute Gasteiger partial charge is 0.406 e. The molecule has 0 unspecified atom stereocenters. The van der Waals surface area contributed by atoms with Crippen molar-refractivity contribution in [3.05, 3.63) is 15.6 Å². The third-order valence-corrected chi connectivity index (χ3v) is 4.31. The van der Waals surface area contributed by atoms with Gasteiger partial charge in [-0.2, -0.15) is 13.2 Å². The molecular formula is C14H22F3N5OS. The smallest absolute Gasteiger partial charge is 0.356 e. The normalized spacial score (nSPS) is 12.2. The predicted molar refractivity (Wildman–Crippen MR) is 88.3 cm³/mol. The van der Waals surface area contributed by atoms with Gasteiger partial charge in [-0.05, 0) is 13.8 Å². The maximum Gasteiger partial charge on any atom is 0.406 e. The number of carbonyl (C=O) groups is 1. The lowest BCUT2D eigenvalue weighted by atomic mass is 10.4. The molecule has 1 heterocycles. The maximum absolute atomic E-state index is 12.2. The van der Waals surface area contributed by atoms with Crippen LogP contribution < -0.4 is 10.6 Å². The van der Waals surface area contributed by atoms with Crippen molar-refractivity contribution in [2.75, 3.05) is 33.7 Å². The van der Waals surface area contributed by atoms with Gasteiger partial charge in [0.2, 0.25) is 5.91 Å². The number of aryl methyl sites for hydroxylation is 2. The molecule has 0 spiro atoms. The Balaban J connectivity index is 2.36. The molecule has 0 atom stereocenters. The van der Waals surface area contributed by atoms with Crippen molar-refractivity contribution in [3.63, 3.8) is 0 Å². The molecule has 1 rings (SSSR count). The van der Waals surface area contributed by atoms with Crippen molar-refractivity contribution < 1.29 is 18.0 Å². The Labute approximate surface area is 143 Å². The van der Waals surface area contributed by atoms with Crippen LogP contribution in [0.25, 0.3) is 0 Å². The minimum absolute atomic E-state index is 0.262. The van der Waals surface area contributed by atoms with Crippen molar-refractivity contribution in [2.24, 2.45) is 4.99 Å². The number of aromatic nitrogens is 1. The molecule has 0 fully saturated rings. The average Bonchev–Trinajstić information content (AvgIpc) is 2.79. The van der Waals surface area contributed by atoms with Crippen LogP contribution in [0.3, 0.4) is 0 Å². The van der Waals surface area contributed by atoms with E-state index in [2.05, 4.69) is 20.6 Å². The van der Waals surface area contributed by atoms with Crippen LogP contribution in [0.5, 0.6) is 0 Å². The van der Waals surface area contributed by atoms with Crippen molar-refractivity contribution in [1.82, 2.24) is 20.5 Å². The maximum atomic E-state index is 12.2. The zero-order valence-electron chi connectivity index (χ0n) is 14.1. The molecule has 0 radical (unpaired) electrons. The number of alkyl halides is 3. The number of aliphatic imine (C=N–C) groups is 1. The average molecular weight is 365 g/mol. The van der Waals surface area contributed by atoms with Gasteiger partial charge in [0.15, 0.2) is 5.96 Å². The van der Waals surface area contributed by atoms with Crippen molar-refractivity contribution >= 4 is 23.2 Å². The lowest BCUT2D eigenvalue weighted by Crippen LogP contribution is -2.45. The number of guanidine groups is 1. The van der Waals surface area contributed by atoms with Gasteiger partial charge in [0.1, 0.15) is 6.54 Å². The standard InChI is InChI=1S/C14H22F3N5OS/c1-9-10(2)24-11(21-9)5-6-19-13(18-3)20-7-12(23)22(4)8-14(15,16)17/h5-8H2,1-4H3,(H2,18,19,20). The number of nitrogens with one attached hydrogen (secondary N) is 2. The second-order valence-corrected chi connectivity index (χ2v) is 6.50. The second kappa shape index (κ2) is 8.86. The van der Waals surface area contributed by atoms with Gasteiger partial charge in [-0.25, -0.2) is 4.98 Å². The van der Waals surface area contributed by atoms with Gasteiger partial charge in [-0.1, -0.05) is 0 Å². The molecule has 10 heteroatoms. The molecule has 24 heavy (non-hydrogen) atoms. The van der Waals surface area contributed by atoms with Gasteiger partial charge in [-0.15, -0.1) is 11.3 Å².